The zero-order chi connectivity index (χ0) is 18.4. The van der Waals surface area contributed by atoms with E-state index >= 15 is 0 Å². The minimum atomic E-state index is 0.0309. The topological polar surface area (TPSA) is 74.5 Å². The number of aromatic nitrogens is 2. The molecule has 2 heterocycles. The van der Waals surface area contributed by atoms with Gasteiger partial charge in [-0.05, 0) is 25.5 Å². The molecule has 1 aromatic heterocycles. The fourth-order valence-electron chi connectivity index (χ4n) is 3.02. The molecule has 140 valence electrons. The first-order valence-electron chi connectivity index (χ1n) is 9.25. The highest BCUT2D eigenvalue weighted by Crippen LogP contribution is 2.10. The second-order valence-electron chi connectivity index (χ2n) is 6.82. The summed E-state index contributed by atoms with van der Waals surface area (Å²) in [4.78, 5) is 21.1. The first-order valence-corrected chi connectivity index (χ1v) is 9.25. The van der Waals surface area contributed by atoms with E-state index in [0.29, 0.717) is 19.0 Å². The van der Waals surface area contributed by atoms with Gasteiger partial charge in [-0.1, -0.05) is 29.8 Å². The van der Waals surface area contributed by atoms with Crippen molar-refractivity contribution in [1.29, 1.82) is 0 Å². The lowest BCUT2D eigenvalue weighted by molar-refractivity contribution is -0.117. The van der Waals surface area contributed by atoms with Gasteiger partial charge in [0.05, 0.1) is 13.1 Å². The molecule has 1 aliphatic rings. The molecule has 0 unspecified atom stereocenters. The summed E-state index contributed by atoms with van der Waals surface area (Å²) in [6.45, 7) is 8.73. The van der Waals surface area contributed by atoms with E-state index in [1.807, 2.05) is 31.2 Å². The van der Waals surface area contributed by atoms with Crippen molar-refractivity contribution in [2.24, 2.45) is 0 Å². The van der Waals surface area contributed by atoms with E-state index in [4.69, 9.17) is 4.52 Å². The number of piperazine rings is 1. The van der Waals surface area contributed by atoms with Gasteiger partial charge < -0.3 is 9.84 Å². The third-order valence-electron chi connectivity index (χ3n) is 4.51. The van der Waals surface area contributed by atoms with Crippen molar-refractivity contribution in [2.45, 2.75) is 33.2 Å². The van der Waals surface area contributed by atoms with E-state index in [1.165, 1.54) is 5.56 Å². The summed E-state index contributed by atoms with van der Waals surface area (Å²) in [5.74, 6) is 1.50. The highest BCUT2D eigenvalue weighted by molar-refractivity contribution is 5.92. The average Bonchev–Trinajstić information content (AvgIpc) is 3.06. The van der Waals surface area contributed by atoms with Crippen LogP contribution < -0.4 is 5.32 Å². The molecule has 3 rings (SSSR count). The van der Waals surface area contributed by atoms with Gasteiger partial charge >= 0.3 is 0 Å². The van der Waals surface area contributed by atoms with Crippen LogP contribution in [0.25, 0.3) is 0 Å². The van der Waals surface area contributed by atoms with Gasteiger partial charge in [0.2, 0.25) is 11.8 Å². The lowest BCUT2D eigenvalue weighted by Gasteiger charge is -2.33. The fraction of sp³-hybridized carbons (Fsp3) is 0.526. The largest absolute Gasteiger partial charge is 0.338 e. The van der Waals surface area contributed by atoms with Gasteiger partial charge in [0, 0.05) is 38.3 Å². The number of anilines is 1. The number of hydrogen-bond acceptors (Lipinski definition) is 6. The number of carbonyl (C=O) groups is 1. The molecule has 26 heavy (non-hydrogen) atoms. The summed E-state index contributed by atoms with van der Waals surface area (Å²) < 4.78 is 5.31. The molecule has 0 bridgehead atoms. The van der Waals surface area contributed by atoms with E-state index in [0.717, 1.165) is 50.5 Å². The van der Waals surface area contributed by atoms with E-state index in [2.05, 4.69) is 32.2 Å². The maximum atomic E-state index is 12.2. The summed E-state index contributed by atoms with van der Waals surface area (Å²) in [6.07, 6.45) is 1.87. The molecule has 1 saturated heterocycles. The van der Waals surface area contributed by atoms with Crippen LogP contribution in [-0.2, 0) is 17.8 Å². The van der Waals surface area contributed by atoms with Crippen LogP contribution in [0.4, 0.5) is 5.69 Å². The van der Waals surface area contributed by atoms with Gasteiger partial charge in [-0.15, -0.1) is 0 Å². The zero-order valence-corrected chi connectivity index (χ0v) is 15.6. The highest BCUT2D eigenvalue weighted by Gasteiger charge is 2.20. The molecule has 1 fully saturated rings. The lowest BCUT2D eigenvalue weighted by atomic mass is 10.2. The summed E-state index contributed by atoms with van der Waals surface area (Å²) in [5, 5.41) is 6.95. The van der Waals surface area contributed by atoms with E-state index in [1.54, 1.807) is 0 Å². The van der Waals surface area contributed by atoms with Crippen molar-refractivity contribution in [2.75, 3.05) is 38.0 Å². The maximum Gasteiger partial charge on any atom is 0.240 e. The normalized spacial score (nSPS) is 15.9. The van der Waals surface area contributed by atoms with Crippen molar-refractivity contribution in [3.63, 3.8) is 0 Å². The SMILES string of the molecule is CCCc1noc(CN2CCN(CC(=O)Nc3ccc(C)cc3)CC2)n1. The van der Waals surface area contributed by atoms with Gasteiger partial charge in [-0.2, -0.15) is 4.98 Å². The Balaban J connectivity index is 1.40. The number of hydrogen-bond donors (Lipinski definition) is 1. The van der Waals surface area contributed by atoms with Gasteiger partial charge in [-0.3, -0.25) is 14.6 Å². The Bertz CT molecular complexity index is 705. The number of rotatable bonds is 7. The van der Waals surface area contributed by atoms with E-state index < -0.39 is 0 Å². The van der Waals surface area contributed by atoms with Gasteiger partial charge in [0.15, 0.2) is 5.82 Å². The molecule has 7 nitrogen and oxygen atoms in total. The molecule has 2 aromatic rings. The summed E-state index contributed by atoms with van der Waals surface area (Å²) in [7, 11) is 0. The molecule has 0 atom stereocenters. The molecule has 7 heteroatoms. The van der Waals surface area contributed by atoms with Crippen molar-refractivity contribution in [1.82, 2.24) is 19.9 Å². The molecule has 1 N–H and O–H groups in total. The molecule has 0 aliphatic carbocycles. The standard InChI is InChI=1S/C19H27N5O2/c1-3-4-17-21-19(26-22-17)14-24-11-9-23(10-12-24)13-18(25)20-16-7-5-15(2)6-8-16/h5-8H,3-4,9-14H2,1-2H3,(H,20,25). The molecular formula is C19H27N5O2. The third kappa shape index (κ3) is 5.37. The van der Waals surface area contributed by atoms with Crippen LogP contribution in [0.1, 0.15) is 30.6 Å². The predicted octanol–water partition coefficient (Wildman–Crippen LogP) is 2.09. The van der Waals surface area contributed by atoms with Crippen LogP contribution in [0.2, 0.25) is 0 Å². The second kappa shape index (κ2) is 8.91. The van der Waals surface area contributed by atoms with E-state index in [9.17, 15) is 4.79 Å². The predicted molar refractivity (Wildman–Crippen MR) is 99.8 cm³/mol. The van der Waals surface area contributed by atoms with Gasteiger partial charge in [0.25, 0.3) is 0 Å². The first-order chi connectivity index (χ1) is 12.6. The van der Waals surface area contributed by atoms with Crippen LogP contribution in [0.15, 0.2) is 28.8 Å². The quantitative estimate of drug-likeness (QED) is 0.818. The molecule has 0 spiro atoms. The van der Waals surface area contributed by atoms with Crippen LogP contribution in [-0.4, -0.2) is 58.6 Å². The van der Waals surface area contributed by atoms with Crippen LogP contribution in [0, 0.1) is 6.92 Å². The number of benzene rings is 1. The lowest BCUT2D eigenvalue weighted by Crippen LogP contribution is -2.48. The third-order valence-corrected chi connectivity index (χ3v) is 4.51. The minimum Gasteiger partial charge on any atom is -0.338 e. The number of aryl methyl sites for hydroxylation is 2. The Hall–Kier alpha value is -2.25. The summed E-state index contributed by atoms with van der Waals surface area (Å²) in [5.41, 5.74) is 2.03. The number of nitrogens with one attached hydrogen (secondary N) is 1. The first kappa shape index (κ1) is 18.5. The molecule has 1 amide bonds. The summed E-state index contributed by atoms with van der Waals surface area (Å²) >= 11 is 0. The Morgan fingerprint density at radius 2 is 1.85 bits per heavy atom. The Morgan fingerprint density at radius 3 is 2.54 bits per heavy atom. The molecule has 1 aromatic carbocycles. The van der Waals surface area contributed by atoms with Crippen molar-refractivity contribution in [3.8, 4) is 0 Å². The fourth-order valence-corrected chi connectivity index (χ4v) is 3.02. The monoisotopic (exact) mass is 357 g/mol. The van der Waals surface area contributed by atoms with Crippen molar-refractivity contribution in [3.05, 3.63) is 41.5 Å². The molecule has 1 aliphatic heterocycles. The van der Waals surface area contributed by atoms with Crippen LogP contribution >= 0.6 is 0 Å². The number of nitrogens with zero attached hydrogens (tertiary/aromatic N) is 4. The Labute approximate surface area is 154 Å². The number of carbonyl (C=O) groups excluding carboxylic acids is 1. The number of amides is 1. The smallest absolute Gasteiger partial charge is 0.240 e. The van der Waals surface area contributed by atoms with Crippen LogP contribution in [0.5, 0.6) is 0 Å². The maximum absolute atomic E-state index is 12.2. The van der Waals surface area contributed by atoms with Gasteiger partial charge in [0.1, 0.15) is 0 Å². The Kier molecular flexibility index (Phi) is 6.35. The highest BCUT2D eigenvalue weighted by atomic mass is 16.5. The Morgan fingerprint density at radius 1 is 1.15 bits per heavy atom. The minimum absolute atomic E-state index is 0.0309. The van der Waals surface area contributed by atoms with Crippen molar-refractivity contribution >= 4 is 11.6 Å². The molecule has 0 saturated carbocycles. The summed E-state index contributed by atoms with van der Waals surface area (Å²) in [6, 6.07) is 7.86. The van der Waals surface area contributed by atoms with E-state index in [-0.39, 0.29) is 5.91 Å². The van der Waals surface area contributed by atoms with Crippen LogP contribution in [0.3, 0.4) is 0 Å². The zero-order valence-electron chi connectivity index (χ0n) is 15.6. The second-order valence-corrected chi connectivity index (χ2v) is 6.82. The molecular weight excluding hydrogens is 330 g/mol. The average molecular weight is 357 g/mol. The molecule has 0 radical (unpaired) electrons. The van der Waals surface area contributed by atoms with Crippen molar-refractivity contribution < 1.29 is 9.32 Å². The van der Waals surface area contributed by atoms with Gasteiger partial charge in [-0.25, -0.2) is 0 Å².